The molecule has 0 saturated carbocycles. The fraction of sp³-hybridized carbons (Fsp3) is 0.769. The van der Waals surface area contributed by atoms with E-state index in [9.17, 15) is 4.79 Å². The molecule has 1 fully saturated rings. The zero-order chi connectivity index (χ0) is 12.9. The summed E-state index contributed by atoms with van der Waals surface area (Å²) in [7, 11) is 0. The summed E-state index contributed by atoms with van der Waals surface area (Å²) in [5.41, 5.74) is -0.425. The van der Waals surface area contributed by atoms with Crippen LogP contribution in [-0.4, -0.2) is 42.3 Å². The maximum Gasteiger partial charge on any atom is 0.410 e. The molecule has 1 aliphatic rings. The van der Waals surface area contributed by atoms with Gasteiger partial charge in [0.2, 0.25) is 0 Å². The van der Waals surface area contributed by atoms with Crippen LogP contribution in [0.1, 0.15) is 33.6 Å². The Labute approximate surface area is 104 Å². The van der Waals surface area contributed by atoms with Crippen LogP contribution in [0.15, 0.2) is 0 Å². The molecule has 0 aliphatic carbocycles. The van der Waals surface area contributed by atoms with Gasteiger partial charge in [-0.1, -0.05) is 0 Å². The highest BCUT2D eigenvalue weighted by Gasteiger charge is 2.29. The number of ether oxygens (including phenoxy) is 1. The Morgan fingerprint density at radius 3 is 2.88 bits per heavy atom. The lowest BCUT2D eigenvalue weighted by Crippen LogP contribution is -2.38. The Morgan fingerprint density at radius 2 is 2.29 bits per heavy atom. The molecule has 0 bridgehead atoms. The minimum absolute atomic E-state index is 0.223. The second kappa shape index (κ2) is 5.92. The van der Waals surface area contributed by atoms with Crippen LogP contribution in [0.3, 0.4) is 0 Å². The Balaban J connectivity index is 2.30. The average Bonchev–Trinajstić information content (AvgIpc) is 2.64. The minimum atomic E-state index is -0.425. The number of carbonyl (C=O) groups is 1. The molecule has 4 heteroatoms. The lowest BCUT2D eigenvalue weighted by Gasteiger charge is -2.24. The molecule has 0 aromatic rings. The number of amides is 1. The summed E-state index contributed by atoms with van der Waals surface area (Å²) in [5, 5.41) is 3.34. The fourth-order valence-electron chi connectivity index (χ4n) is 1.77. The predicted molar refractivity (Wildman–Crippen MR) is 67.7 cm³/mol. The molecule has 4 nitrogen and oxygen atoms in total. The van der Waals surface area contributed by atoms with Gasteiger partial charge in [-0.15, -0.1) is 12.3 Å². The number of terminal acetylenes is 1. The molecule has 1 unspecified atom stereocenters. The molecule has 96 valence electrons. The zero-order valence-electron chi connectivity index (χ0n) is 11.0. The first-order valence-corrected chi connectivity index (χ1v) is 6.07. The first-order valence-electron chi connectivity index (χ1n) is 6.07. The van der Waals surface area contributed by atoms with E-state index in [2.05, 4.69) is 11.2 Å². The highest BCUT2D eigenvalue weighted by molar-refractivity contribution is 5.68. The quantitative estimate of drug-likeness (QED) is 0.600. The van der Waals surface area contributed by atoms with E-state index in [1.54, 1.807) is 4.90 Å². The van der Waals surface area contributed by atoms with Crippen molar-refractivity contribution in [2.24, 2.45) is 0 Å². The van der Waals surface area contributed by atoms with Crippen LogP contribution in [0.25, 0.3) is 0 Å². The maximum absolute atomic E-state index is 11.8. The van der Waals surface area contributed by atoms with Crippen molar-refractivity contribution in [1.29, 1.82) is 0 Å². The molecule has 1 rings (SSSR count). The zero-order valence-corrected chi connectivity index (χ0v) is 11.0. The Hall–Kier alpha value is -1.21. The van der Waals surface area contributed by atoms with Crippen LogP contribution >= 0.6 is 0 Å². The lowest BCUT2D eigenvalue weighted by atomic mass is 10.2. The second-order valence-corrected chi connectivity index (χ2v) is 5.32. The molecular formula is C13H22N2O2. The summed E-state index contributed by atoms with van der Waals surface area (Å²) in [6.45, 7) is 7.91. The van der Waals surface area contributed by atoms with Gasteiger partial charge < -0.3 is 15.0 Å². The molecular weight excluding hydrogens is 216 g/mol. The third kappa shape index (κ3) is 5.10. The lowest BCUT2D eigenvalue weighted by molar-refractivity contribution is 0.0291. The van der Waals surface area contributed by atoms with E-state index in [4.69, 9.17) is 11.2 Å². The van der Waals surface area contributed by atoms with Crippen LogP contribution < -0.4 is 5.32 Å². The van der Waals surface area contributed by atoms with Crippen LogP contribution in [-0.2, 0) is 4.74 Å². The van der Waals surface area contributed by atoms with E-state index in [1.807, 2.05) is 20.8 Å². The van der Waals surface area contributed by atoms with E-state index in [0.29, 0.717) is 12.6 Å². The third-order valence-electron chi connectivity index (χ3n) is 2.54. The topological polar surface area (TPSA) is 41.6 Å². The molecule has 1 heterocycles. The van der Waals surface area contributed by atoms with Gasteiger partial charge in [0.1, 0.15) is 5.60 Å². The average molecular weight is 238 g/mol. The summed E-state index contributed by atoms with van der Waals surface area (Å²) in [6.07, 6.45) is 6.65. The van der Waals surface area contributed by atoms with E-state index in [0.717, 1.165) is 25.9 Å². The molecule has 1 saturated heterocycles. The Morgan fingerprint density at radius 1 is 1.59 bits per heavy atom. The van der Waals surface area contributed by atoms with Gasteiger partial charge in [0.25, 0.3) is 0 Å². The smallest absolute Gasteiger partial charge is 0.410 e. The summed E-state index contributed by atoms with van der Waals surface area (Å²) >= 11 is 0. The molecule has 1 N–H and O–H groups in total. The summed E-state index contributed by atoms with van der Waals surface area (Å²) < 4.78 is 5.32. The van der Waals surface area contributed by atoms with Gasteiger partial charge in [0, 0.05) is 32.1 Å². The van der Waals surface area contributed by atoms with Crippen LogP contribution in [0.4, 0.5) is 4.79 Å². The first-order chi connectivity index (χ1) is 7.92. The van der Waals surface area contributed by atoms with E-state index in [1.165, 1.54) is 0 Å². The molecule has 17 heavy (non-hydrogen) atoms. The minimum Gasteiger partial charge on any atom is -0.444 e. The monoisotopic (exact) mass is 238 g/mol. The van der Waals surface area contributed by atoms with Gasteiger partial charge in [0.15, 0.2) is 0 Å². The van der Waals surface area contributed by atoms with E-state index >= 15 is 0 Å². The van der Waals surface area contributed by atoms with Crippen LogP contribution in [0, 0.1) is 12.3 Å². The van der Waals surface area contributed by atoms with Crippen molar-refractivity contribution < 1.29 is 9.53 Å². The predicted octanol–water partition coefficient (Wildman–Crippen LogP) is 1.61. The number of nitrogens with one attached hydrogen (secondary N) is 1. The summed E-state index contributed by atoms with van der Waals surface area (Å²) in [6, 6.07) is 0.343. The molecule has 1 atom stereocenters. The Bertz CT molecular complexity index is 302. The third-order valence-corrected chi connectivity index (χ3v) is 2.54. The number of rotatable bonds is 3. The highest BCUT2D eigenvalue weighted by Crippen LogP contribution is 2.15. The largest absolute Gasteiger partial charge is 0.444 e. The van der Waals surface area contributed by atoms with Crippen molar-refractivity contribution in [2.75, 3.05) is 19.6 Å². The number of nitrogens with zero attached hydrogens (tertiary/aromatic N) is 1. The van der Waals surface area contributed by atoms with Crippen molar-refractivity contribution in [1.82, 2.24) is 10.2 Å². The van der Waals surface area contributed by atoms with E-state index < -0.39 is 5.60 Å². The fourth-order valence-corrected chi connectivity index (χ4v) is 1.77. The van der Waals surface area contributed by atoms with E-state index in [-0.39, 0.29) is 6.09 Å². The van der Waals surface area contributed by atoms with Gasteiger partial charge in [-0.05, 0) is 27.2 Å². The molecule has 0 spiro atoms. The first kappa shape index (κ1) is 13.9. The number of carbonyl (C=O) groups excluding carboxylic acids is 1. The number of likely N-dealkylation sites (tertiary alicyclic amines) is 1. The SMILES string of the molecule is C#CCCNC1CCN(C(=O)OC(C)(C)C)C1. The summed E-state index contributed by atoms with van der Waals surface area (Å²) in [5.74, 6) is 2.59. The van der Waals surface area contributed by atoms with Crippen molar-refractivity contribution in [3.8, 4) is 12.3 Å². The molecule has 0 aromatic heterocycles. The standard InChI is InChI=1S/C13H22N2O2/c1-5-6-8-14-11-7-9-15(10-11)12(16)17-13(2,3)4/h1,11,14H,6-10H2,2-4H3. The van der Waals surface area contributed by atoms with Crippen molar-refractivity contribution >= 4 is 6.09 Å². The van der Waals surface area contributed by atoms with Crippen molar-refractivity contribution in [3.63, 3.8) is 0 Å². The van der Waals surface area contributed by atoms with Gasteiger partial charge in [-0.3, -0.25) is 0 Å². The van der Waals surface area contributed by atoms with Gasteiger partial charge in [0.05, 0.1) is 0 Å². The molecule has 1 amide bonds. The molecule has 1 aliphatic heterocycles. The highest BCUT2D eigenvalue weighted by atomic mass is 16.6. The van der Waals surface area contributed by atoms with Crippen LogP contribution in [0.2, 0.25) is 0 Å². The van der Waals surface area contributed by atoms with Gasteiger partial charge >= 0.3 is 6.09 Å². The van der Waals surface area contributed by atoms with Crippen LogP contribution in [0.5, 0.6) is 0 Å². The molecule has 0 aromatic carbocycles. The van der Waals surface area contributed by atoms with Gasteiger partial charge in [-0.25, -0.2) is 4.79 Å². The number of hydrogen-bond acceptors (Lipinski definition) is 3. The second-order valence-electron chi connectivity index (χ2n) is 5.32. The van der Waals surface area contributed by atoms with Crippen molar-refractivity contribution in [3.05, 3.63) is 0 Å². The number of hydrogen-bond donors (Lipinski definition) is 1. The Kier molecular flexibility index (Phi) is 4.83. The van der Waals surface area contributed by atoms with Gasteiger partial charge in [-0.2, -0.15) is 0 Å². The maximum atomic E-state index is 11.8. The normalized spacial score (nSPS) is 20.1. The van der Waals surface area contributed by atoms with Crippen molar-refractivity contribution in [2.45, 2.75) is 45.3 Å². The molecule has 0 radical (unpaired) electrons. The summed E-state index contributed by atoms with van der Waals surface area (Å²) in [4.78, 5) is 13.5.